The number of benzene rings is 5. The molecule has 7 rings (SSSR count). The second kappa shape index (κ2) is 8.63. The predicted octanol–water partition coefficient (Wildman–Crippen LogP) is 8.46. The largest absolute Gasteiger partial charge is 0.457 e. The molecule has 0 bridgehead atoms. The Balaban J connectivity index is 1.40. The van der Waals surface area contributed by atoms with Crippen LogP contribution in [-0.2, 0) is 5.41 Å². The Morgan fingerprint density at radius 2 is 1.05 bits per heavy atom. The highest BCUT2D eigenvalue weighted by Gasteiger charge is 2.34. The van der Waals surface area contributed by atoms with E-state index in [1.165, 1.54) is 10.9 Å². The first-order valence-electron chi connectivity index (χ1n) is 12.8. The van der Waals surface area contributed by atoms with Crippen molar-refractivity contribution in [2.75, 3.05) is 0 Å². The van der Waals surface area contributed by atoms with Crippen LogP contribution in [0.3, 0.4) is 0 Å². The van der Waals surface area contributed by atoms with Gasteiger partial charge in [0.05, 0.1) is 0 Å². The van der Waals surface area contributed by atoms with Gasteiger partial charge in [0.1, 0.15) is 11.5 Å². The lowest BCUT2D eigenvalue weighted by molar-refractivity contribution is 0.418. The first-order chi connectivity index (χ1) is 18.6. The molecule has 0 fully saturated rings. The lowest BCUT2D eigenvalue weighted by Crippen LogP contribution is -2.24. The summed E-state index contributed by atoms with van der Waals surface area (Å²) in [5.74, 6) is 3.71. The van der Waals surface area contributed by atoms with Gasteiger partial charge in [0, 0.05) is 33.2 Å². The van der Waals surface area contributed by atoms with Gasteiger partial charge in [-0.2, -0.15) is 0 Å². The summed E-state index contributed by atoms with van der Waals surface area (Å²) < 4.78 is 6.28. The number of rotatable bonds is 3. The highest BCUT2D eigenvalue weighted by Crippen LogP contribution is 2.48. The van der Waals surface area contributed by atoms with E-state index in [-0.39, 0.29) is 5.41 Å². The topological polar surface area (TPSA) is 47.9 Å². The summed E-state index contributed by atoms with van der Waals surface area (Å²) in [5, 5.41) is 2.34. The first kappa shape index (κ1) is 22.4. The maximum Gasteiger partial charge on any atom is 0.164 e. The van der Waals surface area contributed by atoms with Gasteiger partial charge in [0.2, 0.25) is 0 Å². The molecule has 0 spiro atoms. The molecule has 0 unspecified atom stereocenters. The average molecular weight is 492 g/mol. The smallest absolute Gasteiger partial charge is 0.164 e. The van der Waals surface area contributed by atoms with Gasteiger partial charge in [-0.3, -0.25) is 0 Å². The molecule has 38 heavy (non-hydrogen) atoms. The van der Waals surface area contributed by atoms with Crippen LogP contribution in [0.1, 0.15) is 25.0 Å². The molecule has 5 aromatic carbocycles. The van der Waals surface area contributed by atoms with Crippen molar-refractivity contribution in [2.24, 2.45) is 0 Å². The normalized spacial score (nSPS) is 13.4. The van der Waals surface area contributed by atoms with Gasteiger partial charge in [0.15, 0.2) is 17.5 Å². The summed E-state index contributed by atoms with van der Waals surface area (Å²) in [5.41, 5.74) is 4.90. The fraction of sp³-hybridized carbons (Fsp3) is 0.0882. The van der Waals surface area contributed by atoms with Crippen molar-refractivity contribution >= 4 is 10.8 Å². The minimum absolute atomic E-state index is 0.226. The van der Waals surface area contributed by atoms with Gasteiger partial charge in [-0.1, -0.05) is 98.8 Å². The number of hydrogen-bond acceptors (Lipinski definition) is 4. The molecule has 2 heterocycles. The minimum atomic E-state index is -0.226. The summed E-state index contributed by atoms with van der Waals surface area (Å²) in [4.78, 5) is 14.8. The van der Waals surface area contributed by atoms with Gasteiger partial charge in [-0.05, 0) is 41.1 Å². The van der Waals surface area contributed by atoms with Crippen LogP contribution in [0, 0.1) is 0 Å². The Hall–Kier alpha value is -4.83. The Kier molecular flexibility index (Phi) is 5.08. The van der Waals surface area contributed by atoms with Crippen molar-refractivity contribution in [2.45, 2.75) is 19.3 Å². The summed E-state index contributed by atoms with van der Waals surface area (Å²) in [6.07, 6.45) is 0. The number of nitrogens with zero attached hydrogens (tertiary/aromatic N) is 3. The van der Waals surface area contributed by atoms with E-state index >= 15 is 0 Å². The molecule has 0 N–H and O–H groups in total. The van der Waals surface area contributed by atoms with Crippen LogP contribution in [-0.4, -0.2) is 15.0 Å². The van der Waals surface area contributed by atoms with Crippen molar-refractivity contribution in [3.63, 3.8) is 0 Å². The summed E-state index contributed by atoms with van der Waals surface area (Å²) in [7, 11) is 0. The van der Waals surface area contributed by atoms with Crippen molar-refractivity contribution in [3.05, 3.63) is 126 Å². The molecular formula is C34H25N3O. The summed E-state index contributed by atoms with van der Waals surface area (Å²) >= 11 is 0. The molecule has 182 valence electrons. The third-order valence-electron chi connectivity index (χ3n) is 7.37. The molecule has 1 aliphatic rings. The van der Waals surface area contributed by atoms with Crippen molar-refractivity contribution < 1.29 is 4.74 Å². The summed E-state index contributed by atoms with van der Waals surface area (Å²) in [6.45, 7) is 4.47. The van der Waals surface area contributed by atoms with E-state index in [0.717, 1.165) is 39.1 Å². The number of ether oxygens (including phenoxy) is 1. The van der Waals surface area contributed by atoms with E-state index in [9.17, 15) is 0 Å². The van der Waals surface area contributed by atoms with E-state index in [1.807, 2.05) is 54.6 Å². The predicted molar refractivity (Wildman–Crippen MR) is 152 cm³/mol. The standard InChI is InChI=1S/C34H25N3O/c1-34(2)27-14-8-9-15-29(27)38-30-19-18-26(21-28(30)34)33-36-31(23-11-4-3-5-12-23)35-32(37-33)25-17-16-22-10-6-7-13-24(22)20-25/h3-21H,1-2H3. The quantitative estimate of drug-likeness (QED) is 0.249. The van der Waals surface area contributed by atoms with Crippen LogP contribution < -0.4 is 4.74 Å². The highest BCUT2D eigenvalue weighted by atomic mass is 16.5. The van der Waals surface area contributed by atoms with Gasteiger partial charge in [-0.15, -0.1) is 0 Å². The van der Waals surface area contributed by atoms with Crippen LogP contribution >= 0.6 is 0 Å². The van der Waals surface area contributed by atoms with Gasteiger partial charge in [-0.25, -0.2) is 15.0 Å². The number of para-hydroxylation sites is 1. The molecule has 1 aromatic heterocycles. The van der Waals surface area contributed by atoms with Crippen LogP contribution in [0.5, 0.6) is 11.5 Å². The van der Waals surface area contributed by atoms with E-state index in [1.54, 1.807) is 0 Å². The van der Waals surface area contributed by atoms with Gasteiger partial charge >= 0.3 is 0 Å². The molecule has 4 heteroatoms. The van der Waals surface area contributed by atoms with E-state index in [4.69, 9.17) is 19.7 Å². The molecule has 6 aromatic rings. The molecule has 4 nitrogen and oxygen atoms in total. The number of hydrogen-bond donors (Lipinski definition) is 0. The van der Waals surface area contributed by atoms with Crippen LogP contribution in [0.25, 0.3) is 44.9 Å². The molecule has 0 radical (unpaired) electrons. The fourth-order valence-electron chi connectivity index (χ4n) is 5.26. The first-order valence-corrected chi connectivity index (χ1v) is 12.8. The van der Waals surface area contributed by atoms with Crippen molar-refractivity contribution in [1.82, 2.24) is 15.0 Å². The van der Waals surface area contributed by atoms with Gasteiger partial charge in [0.25, 0.3) is 0 Å². The van der Waals surface area contributed by atoms with E-state index in [2.05, 4.69) is 74.5 Å². The van der Waals surface area contributed by atoms with Crippen LogP contribution in [0.15, 0.2) is 115 Å². The molecular weight excluding hydrogens is 466 g/mol. The molecule has 0 aliphatic carbocycles. The lowest BCUT2D eigenvalue weighted by atomic mass is 9.75. The average Bonchev–Trinajstić information content (AvgIpc) is 2.97. The Bertz CT molecular complexity index is 1830. The fourth-order valence-corrected chi connectivity index (χ4v) is 5.26. The molecule has 1 aliphatic heterocycles. The monoisotopic (exact) mass is 491 g/mol. The Morgan fingerprint density at radius 3 is 1.84 bits per heavy atom. The number of fused-ring (bicyclic) bond motifs is 3. The van der Waals surface area contributed by atoms with E-state index in [0.29, 0.717) is 17.5 Å². The second-order valence-corrected chi connectivity index (χ2v) is 10.2. The maximum atomic E-state index is 6.28. The molecule has 0 saturated carbocycles. The minimum Gasteiger partial charge on any atom is -0.457 e. The third kappa shape index (κ3) is 3.73. The maximum absolute atomic E-state index is 6.28. The summed E-state index contributed by atoms with van der Waals surface area (Å²) in [6, 6.07) is 39.2. The molecule has 0 atom stereocenters. The Morgan fingerprint density at radius 1 is 0.474 bits per heavy atom. The SMILES string of the molecule is CC1(C)c2ccccc2Oc2ccc(-c3nc(-c4ccccc4)nc(-c4ccc5ccccc5c4)n3)cc21. The highest BCUT2D eigenvalue weighted by molar-refractivity contribution is 5.86. The third-order valence-corrected chi connectivity index (χ3v) is 7.37. The number of aromatic nitrogens is 3. The zero-order valence-electron chi connectivity index (χ0n) is 21.2. The zero-order valence-corrected chi connectivity index (χ0v) is 21.2. The second-order valence-electron chi connectivity index (χ2n) is 10.2. The zero-order chi connectivity index (χ0) is 25.7. The van der Waals surface area contributed by atoms with Gasteiger partial charge < -0.3 is 4.74 Å². The molecule has 0 saturated heterocycles. The lowest BCUT2D eigenvalue weighted by Gasteiger charge is -2.34. The van der Waals surface area contributed by atoms with Crippen molar-refractivity contribution in [3.8, 4) is 45.7 Å². The van der Waals surface area contributed by atoms with Crippen LogP contribution in [0.2, 0.25) is 0 Å². The van der Waals surface area contributed by atoms with Crippen molar-refractivity contribution in [1.29, 1.82) is 0 Å². The molecule has 0 amide bonds. The van der Waals surface area contributed by atoms with E-state index < -0.39 is 0 Å². The Labute approximate surface area is 221 Å². The van der Waals surface area contributed by atoms with Crippen LogP contribution in [0.4, 0.5) is 0 Å².